The number of ketones is 2. The minimum atomic E-state index is -0.104. The smallest absolute Gasteiger partial charge is 0.159 e. The van der Waals surface area contributed by atoms with Crippen LogP contribution in [0.1, 0.15) is 53.4 Å². The zero-order valence-corrected chi connectivity index (χ0v) is 16.7. The summed E-state index contributed by atoms with van der Waals surface area (Å²) in [5.74, 6) is -0.106. The summed E-state index contributed by atoms with van der Waals surface area (Å²) in [6.45, 7) is 23.0. The van der Waals surface area contributed by atoms with Crippen molar-refractivity contribution in [3.05, 3.63) is 72.0 Å². The van der Waals surface area contributed by atoms with Gasteiger partial charge in [0.2, 0.25) is 0 Å². The molecule has 0 aliphatic rings. The minimum absolute atomic E-state index is 0.00245. The van der Waals surface area contributed by atoms with Gasteiger partial charge in [-0.15, -0.1) is 0 Å². The summed E-state index contributed by atoms with van der Waals surface area (Å²) in [6.07, 6.45) is 6.94. The molecule has 140 valence electrons. The molecule has 0 bridgehead atoms. The number of rotatable bonds is 12. The summed E-state index contributed by atoms with van der Waals surface area (Å²) in [6, 6.07) is 0. The molecular weight excluding hydrogens is 322 g/mol. The predicted molar refractivity (Wildman–Crippen MR) is 112 cm³/mol. The van der Waals surface area contributed by atoms with Crippen molar-refractivity contribution in [3.63, 3.8) is 0 Å². The van der Waals surface area contributed by atoms with E-state index in [2.05, 4.69) is 31.3 Å². The number of hydrogen-bond acceptors (Lipinski definition) is 3. The summed E-state index contributed by atoms with van der Waals surface area (Å²) < 4.78 is 0. The second-order valence-corrected chi connectivity index (χ2v) is 6.61. The number of aliphatic imine (C=N–C) groups is 1. The molecule has 0 atom stereocenters. The lowest BCUT2D eigenvalue weighted by molar-refractivity contribution is -0.121. The van der Waals surface area contributed by atoms with Crippen molar-refractivity contribution in [2.75, 3.05) is 0 Å². The fourth-order valence-corrected chi connectivity index (χ4v) is 2.19. The second kappa shape index (κ2) is 11.9. The van der Waals surface area contributed by atoms with Gasteiger partial charge in [0.1, 0.15) is 5.78 Å². The summed E-state index contributed by atoms with van der Waals surface area (Å²) in [4.78, 5) is 27.7. The standard InChI is InChI=1S/C23H31NO2/c1-9-10-21(22(13-16(2)3)24-15-17(4)5)18(6)14-19(7)23(26)12-11-20(8)25/h9-10,15H,2,4,6-7,11-14H2,1,3,5,8H3. The third-order valence-corrected chi connectivity index (χ3v) is 3.46. The van der Waals surface area contributed by atoms with Gasteiger partial charge in [-0.25, -0.2) is 0 Å². The Morgan fingerprint density at radius 3 is 2.00 bits per heavy atom. The van der Waals surface area contributed by atoms with Crippen LogP contribution in [-0.2, 0) is 9.59 Å². The van der Waals surface area contributed by atoms with Crippen molar-refractivity contribution < 1.29 is 9.59 Å². The molecule has 0 rings (SSSR count). The van der Waals surface area contributed by atoms with Crippen LogP contribution >= 0.6 is 0 Å². The van der Waals surface area contributed by atoms with Gasteiger partial charge in [-0.2, -0.15) is 0 Å². The van der Waals surface area contributed by atoms with E-state index in [0.717, 1.165) is 28.0 Å². The molecule has 0 unspecified atom stereocenters. The summed E-state index contributed by atoms with van der Waals surface area (Å²) in [5.41, 5.74) is 4.74. The van der Waals surface area contributed by atoms with Crippen molar-refractivity contribution in [3.8, 4) is 0 Å². The maximum Gasteiger partial charge on any atom is 0.159 e. The van der Waals surface area contributed by atoms with Crippen molar-refractivity contribution in [1.82, 2.24) is 0 Å². The number of carbonyl (C=O) groups is 2. The molecule has 0 amide bonds. The number of nitrogens with zero attached hydrogens (tertiary/aromatic N) is 1. The first-order chi connectivity index (χ1) is 12.1. The van der Waals surface area contributed by atoms with Gasteiger partial charge < -0.3 is 4.79 Å². The average Bonchev–Trinajstić information content (AvgIpc) is 2.53. The van der Waals surface area contributed by atoms with Crippen molar-refractivity contribution in [2.45, 2.75) is 53.4 Å². The lowest BCUT2D eigenvalue weighted by Crippen LogP contribution is -2.06. The molecule has 0 spiro atoms. The first kappa shape index (κ1) is 23.4. The molecule has 0 saturated carbocycles. The monoisotopic (exact) mass is 353 g/mol. The Bertz CT molecular complexity index is 700. The summed E-state index contributed by atoms with van der Waals surface area (Å²) in [5, 5.41) is 0. The van der Waals surface area contributed by atoms with Crippen molar-refractivity contribution in [1.29, 1.82) is 0 Å². The van der Waals surface area contributed by atoms with Crippen LogP contribution in [0.4, 0.5) is 0 Å². The fraction of sp³-hybridized carbons (Fsp3) is 0.348. The van der Waals surface area contributed by atoms with E-state index >= 15 is 0 Å². The minimum Gasteiger partial charge on any atom is -0.300 e. The van der Waals surface area contributed by atoms with Gasteiger partial charge in [0.15, 0.2) is 5.78 Å². The Hall–Kier alpha value is -2.55. The Morgan fingerprint density at radius 2 is 1.54 bits per heavy atom. The molecule has 0 fully saturated rings. The molecule has 0 N–H and O–H groups in total. The van der Waals surface area contributed by atoms with Crippen molar-refractivity contribution >= 4 is 17.8 Å². The van der Waals surface area contributed by atoms with Gasteiger partial charge in [-0.3, -0.25) is 9.79 Å². The number of Topliss-reactive ketones (excluding diaryl/α,β-unsaturated/α-hetero) is 2. The summed E-state index contributed by atoms with van der Waals surface area (Å²) >= 11 is 0. The topological polar surface area (TPSA) is 46.5 Å². The average molecular weight is 354 g/mol. The molecule has 0 saturated heterocycles. The predicted octanol–water partition coefficient (Wildman–Crippen LogP) is 5.87. The molecule has 0 heterocycles. The zero-order valence-electron chi connectivity index (χ0n) is 16.7. The maximum absolute atomic E-state index is 12.1. The lowest BCUT2D eigenvalue weighted by atomic mass is 9.93. The van der Waals surface area contributed by atoms with E-state index in [1.807, 2.05) is 32.9 Å². The number of allylic oxidation sites excluding steroid dienone is 7. The first-order valence-electron chi connectivity index (χ1n) is 8.66. The van der Waals surface area contributed by atoms with Gasteiger partial charge in [-0.05, 0) is 50.0 Å². The molecule has 0 radical (unpaired) electrons. The van der Waals surface area contributed by atoms with E-state index in [1.54, 1.807) is 6.21 Å². The Balaban J connectivity index is 5.58. The van der Waals surface area contributed by atoms with Gasteiger partial charge in [0.25, 0.3) is 0 Å². The molecule has 26 heavy (non-hydrogen) atoms. The molecule has 0 aromatic carbocycles. The van der Waals surface area contributed by atoms with Crippen LogP contribution in [0.15, 0.2) is 77.0 Å². The molecule has 0 aromatic heterocycles. The van der Waals surface area contributed by atoms with Crippen LogP contribution in [0, 0.1) is 0 Å². The van der Waals surface area contributed by atoms with Gasteiger partial charge in [-0.1, -0.05) is 44.0 Å². The number of hydrogen-bond donors (Lipinski definition) is 0. The highest BCUT2D eigenvalue weighted by atomic mass is 16.1. The van der Waals surface area contributed by atoms with Crippen LogP contribution in [0.25, 0.3) is 0 Å². The van der Waals surface area contributed by atoms with E-state index in [-0.39, 0.29) is 24.4 Å². The third-order valence-electron chi connectivity index (χ3n) is 3.46. The molecule has 0 aliphatic carbocycles. The Labute approximate surface area is 158 Å². The zero-order chi connectivity index (χ0) is 20.3. The van der Waals surface area contributed by atoms with Crippen LogP contribution in [0.2, 0.25) is 0 Å². The van der Waals surface area contributed by atoms with Crippen molar-refractivity contribution in [2.24, 2.45) is 4.99 Å². The lowest BCUT2D eigenvalue weighted by Gasteiger charge is -2.13. The highest BCUT2D eigenvalue weighted by Gasteiger charge is 2.13. The highest BCUT2D eigenvalue weighted by Crippen LogP contribution is 2.26. The number of carbonyl (C=O) groups excluding carboxylic acids is 2. The van der Waals surface area contributed by atoms with Gasteiger partial charge in [0.05, 0.1) is 5.70 Å². The molecule has 3 nitrogen and oxygen atoms in total. The van der Waals surface area contributed by atoms with E-state index in [4.69, 9.17) is 0 Å². The highest BCUT2D eigenvalue weighted by molar-refractivity contribution is 5.97. The third kappa shape index (κ3) is 9.67. The van der Waals surface area contributed by atoms with Crippen LogP contribution < -0.4 is 0 Å². The maximum atomic E-state index is 12.1. The largest absolute Gasteiger partial charge is 0.300 e. The van der Waals surface area contributed by atoms with Crippen LogP contribution in [0.5, 0.6) is 0 Å². The fourth-order valence-electron chi connectivity index (χ4n) is 2.19. The molecule has 0 aromatic rings. The second-order valence-electron chi connectivity index (χ2n) is 6.61. The molecular formula is C23H31NO2. The van der Waals surface area contributed by atoms with Gasteiger partial charge in [0, 0.05) is 31.9 Å². The normalized spacial score (nSPS) is 12.2. The SMILES string of the molecule is C=C(C)C=NC(CC(=C)C)=C(C=CC)C(=C)CC(=C)C(=O)CCC(C)=O. The van der Waals surface area contributed by atoms with E-state index in [1.165, 1.54) is 6.92 Å². The van der Waals surface area contributed by atoms with Crippen LogP contribution in [0.3, 0.4) is 0 Å². The molecule has 3 heteroatoms. The van der Waals surface area contributed by atoms with E-state index in [9.17, 15) is 9.59 Å². The van der Waals surface area contributed by atoms with Gasteiger partial charge >= 0.3 is 0 Å². The Morgan fingerprint density at radius 1 is 0.923 bits per heavy atom. The van der Waals surface area contributed by atoms with E-state index in [0.29, 0.717) is 18.4 Å². The van der Waals surface area contributed by atoms with Crippen LogP contribution in [-0.4, -0.2) is 17.8 Å². The summed E-state index contributed by atoms with van der Waals surface area (Å²) in [7, 11) is 0. The van der Waals surface area contributed by atoms with E-state index < -0.39 is 0 Å². The Kier molecular flexibility index (Phi) is 10.7. The quantitative estimate of drug-likeness (QED) is 0.191. The molecule has 0 aliphatic heterocycles. The first-order valence-corrected chi connectivity index (χ1v) is 8.66.